The van der Waals surface area contributed by atoms with Crippen LogP contribution in [0.15, 0.2) is 18.2 Å². The van der Waals surface area contributed by atoms with Crippen molar-refractivity contribution in [2.24, 2.45) is 5.73 Å². The average molecular weight is 318 g/mol. The molecule has 0 spiro atoms. The van der Waals surface area contributed by atoms with E-state index in [2.05, 4.69) is 0 Å². The van der Waals surface area contributed by atoms with Gasteiger partial charge in [0.2, 0.25) is 5.91 Å². The number of methoxy groups -OCH3 is 1. The first-order valence-corrected chi connectivity index (χ1v) is 6.65. The molecule has 0 radical (unpaired) electrons. The summed E-state index contributed by atoms with van der Waals surface area (Å²) in [5, 5.41) is 0. The maximum Gasteiger partial charge on any atom is 0.239 e. The number of hydrogen-bond donors (Lipinski definition) is 1. The molecule has 0 saturated carbocycles. The summed E-state index contributed by atoms with van der Waals surface area (Å²) in [6.07, 6.45) is 0. The summed E-state index contributed by atoms with van der Waals surface area (Å²) in [5.41, 5.74) is 6.40. The van der Waals surface area contributed by atoms with Crippen LogP contribution in [-0.4, -0.2) is 50.1 Å². The highest BCUT2D eigenvalue weighted by atomic mass is 35.5. The maximum atomic E-state index is 13.7. The molecule has 0 bridgehead atoms. The van der Waals surface area contributed by atoms with E-state index in [-0.39, 0.29) is 29.9 Å². The van der Waals surface area contributed by atoms with Gasteiger partial charge >= 0.3 is 0 Å². The summed E-state index contributed by atoms with van der Waals surface area (Å²) >= 11 is 0. The number of nitrogens with zero attached hydrogens (tertiary/aromatic N) is 2. The van der Waals surface area contributed by atoms with Crippen LogP contribution in [0.25, 0.3) is 0 Å². The van der Waals surface area contributed by atoms with Gasteiger partial charge in [-0.2, -0.15) is 0 Å². The molecule has 2 rings (SSSR count). The number of carbonyl (C=O) groups excluding carboxylic acids is 1. The van der Waals surface area contributed by atoms with Crippen molar-refractivity contribution in [1.82, 2.24) is 4.90 Å². The Labute approximate surface area is 130 Å². The molecule has 21 heavy (non-hydrogen) atoms. The number of amides is 1. The lowest BCUT2D eigenvalue weighted by Crippen LogP contribution is -2.52. The van der Waals surface area contributed by atoms with Crippen LogP contribution in [0.1, 0.15) is 6.92 Å². The standard InChI is InChI=1S/C14H20FN3O2.ClH/c1-10(16)14(19)18-7-5-17(6-8-18)11-3-4-13(20-2)12(15)9-11;/h3-4,9-10H,5-8,16H2,1-2H3;1H. The molecular weight excluding hydrogens is 297 g/mol. The Hall–Kier alpha value is -1.53. The highest BCUT2D eigenvalue weighted by Crippen LogP contribution is 2.24. The fraction of sp³-hybridized carbons (Fsp3) is 0.500. The minimum absolute atomic E-state index is 0. The summed E-state index contributed by atoms with van der Waals surface area (Å²) in [4.78, 5) is 15.6. The van der Waals surface area contributed by atoms with E-state index in [9.17, 15) is 9.18 Å². The Morgan fingerprint density at radius 3 is 2.43 bits per heavy atom. The highest BCUT2D eigenvalue weighted by Gasteiger charge is 2.23. The van der Waals surface area contributed by atoms with Crippen molar-refractivity contribution in [3.8, 4) is 5.75 Å². The zero-order valence-corrected chi connectivity index (χ0v) is 13.0. The molecule has 1 unspecified atom stereocenters. The number of piperazine rings is 1. The van der Waals surface area contributed by atoms with Crippen LogP contribution < -0.4 is 15.4 Å². The van der Waals surface area contributed by atoms with E-state index in [0.717, 1.165) is 5.69 Å². The summed E-state index contributed by atoms with van der Waals surface area (Å²) in [6, 6.07) is 4.43. The third-order valence-corrected chi connectivity index (χ3v) is 3.48. The SMILES string of the molecule is COc1ccc(N2CCN(C(=O)C(C)N)CC2)cc1F.Cl. The molecule has 118 valence electrons. The molecule has 1 aromatic carbocycles. The largest absolute Gasteiger partial charge is 0.494 e. The number of benzene rings is 1. The van der Waals surface area contributed by atoms with E-state index in [0.29, 0.717) is 26.2 Å². The van der Waals surface area contributed by atoms with Crippen molar-refractivity contribution >= 4 is 24.0 Å². The minimum atomic E-state index is -0.472. The summed E-state index contributed by atoms with van der Waals surface area (Å²) in [6.45, 7) is 4.24. The van der Waals surface area contributed by atoms with Crippen molar-refractivity contribution in [1.29, 1.82) is 0 Å². The van der Waals surface area contributed by atoms with Gasteiger partial charge in [-0.05, 0) is 19.1 Å². The van der Waals surface area contributed by atoms with E-state index in [1.54, 1.807) is 17.9 Å². The first kappa shape index (κ1) is 17.5. The molecule has 1 aliphatic rings. The molecule has 2 N–H and O–H groups in total. The minimum Gasteiger partial charge on any atom is -0.494 e. The fourth-order valence-electron chi connectivity index (χ4n) is 2.33. The van der Waals surface area contributed by atoms with E-state index < -0.39 is 6.04 Å². The smallest absolute Gasteiger partial charge is 0.239 e. The first-order valence-electron chi connectivity index (χ1n) is 6.65. The van der Waals surface area contributed by atoms with Gasteiger partial charge in [-0.25, -0.2) is 4.39 Å². The van der Waals surface area contributed by atoms with E-state index in [1.165, 1.54) is 13.2 Å². The highest BCUT2D eigenvalue weighted by molar-refractivity contribution is 5.85. The normalized spacial score (nSPS) is 16.2. The van der Waals surface area contributed by atoms with Crippen LogP contribution in [-0.2, 0) is 4.79 Å². The third kappa shape index (κ3) is 3.98. The predicted octanol–water partition coefficient (Wildman–Crippen LogP) is 1.25. The average Bonchev–Trinajstić information content (AvgIpc) is 2.46. The number of halogens is 2. The molecule has 1 saturated heterocycles. The van der Waals surface area contributed by atoms with Gasteiger partial charge in [-0.3, -0.25) is 4.79 Å². The molecule has 1 aliphatic heterocycles. The maximum absolute atomic E-state index is 13.7. The Morgan fingerprint density at radius 1 is 1.33 bits per heavy atom. The predicted molar refractivity (Wildman–Crippen MR) is 82.6 cm³/mol. The zero-order chi connectivity index (χ0) is 14.7. The van der Waals surface area contributed by atoms with E-state index in [1.807, 2.05) is 11.0 Å². The lowest BCUT2D eigenvalue weighted by Gasteiger charge is -2.36. The second-order valence-corrected chi connectivity index (χ2v) is 4.92. The van der Waals surface area contributed by atoms with Crippen LogP contribution in [0.4, 0.5) is 10.1 Å². The molecular formula is C14H21ClFN3O2. The van der Waals surface area contributed by atoms with Crippen LogP contribution >= 0.6 is 12.4 Å². The van der Waals surface area contributed by atoms with Crippen molar-refractivity contribution in [3.63, 3.8) is 0 Å². The van der Waals surface area contributed by atoms with Crippen LogP contribution in [0.3, 0.4) is 0 Å². The number of ether oxygens (including phenoxy) is 1. The van der Waals surface area contributed by atoms with Crippen LogP contribution in [0.5, 0.6) is 5.75 Å². The molecule has 7 heteroatoms. The Morgan fingerprint density at radius 2 is 1.95 bits per heavy atom. The lowest BCUT2D eigenvalue weighted by molar-refractivity contribution is -0.132. The van der Waals surface area contributed by atoms with Gasteiger partial charge < -0.3 is 20.3 Å². The molecule has 0 aromatic heterocycles. The van der Waals surface area contributed by atoms with Gasteiger partial charge in [-0.1, -0.05) is 0 Å². The lowest BCUT2D eigenvalue weighted by atomic mass is 10.2. The van der Waals surface area contributed by atoms with Crippen molar-refractivity contribution in [2.75, 3.05) is 38.2 Å². The van der Waals surface area contributed by atoms with Crippen molar-refractivity contribution < 1.29 is 13.9 Å². The van der Waals surface area contributed by atoms with Gasteiger partial charge in [0.15, 0.2) is 11.6 Å². The zero-order valence-electron chi connectivity index (χ0n) is 12.2. The molecule has 1 heterocycles. The molecule has 1 fully saturated rings. The molecule has 5 nitrogen and oxygen atoms in total. The summed E-state index contributed by atoms with van der Waals surface area (Å²) in [7, 11) is 1.44. The fourth-order valence-corrected chi connectivity index (χ4v) is 2.33. The van der Waals surface area contributed by atoms with Gasteiger partial charge in [0.1, 0.15) is 0 Å². The molecule has 1 aromatic rings. The third-order valence-electron chi connectivity index (χ3n) is 3.48. The topological polar surface area (TPSA) is 58.8 Å². The van der Waals surface area contributed by atoms with Crippen molar-refractivity contribution in [2.45, 2.75) is 13.0 Å². The molecule has 1 amide bonds. The monoisotopic (exact) mass is 317 g/mol. The first-order chi connectivity index (χ1) is 9.52. The van der Waals surface area contributed by atoms with Gasteiger partial charge in [-0.15, -0.1) is 12.4 Å². The van der Waals surface area contributed by atoms with Crippen LogP contribution in [0, 0.1) is 5.82 Å². The second-order valence-electron chi connectivity index (χ2n) is 4.92. The molecule has 0 aliphatic carbocycles. The summed E-state index contributed by atoms with van der Waals surface area (Å²) < 4.78 is 18.6. The van der Waals surface area contributed by atoms with Gasteiger partial charge in [0, 0.05) is 37.9 Å². The van der Waals surface area contributed by atoms with E-state index in [4.69, 9.17) is 10.5 Å². The summed E-state index contributed by atoms with van der Waals surface area (Å²) in [5.74, 6) is -0.177. The Bertz CT molecular complexity index is 491. The van der Waals surface area contributed by atoms with Gasteiger partial charge in [0.25, 0.3) is 0 Å². The quantitative estimate of drug-likeness (QED) is 0.911. The number of hydrogen-bond acceptors (Lipinski definition) is 4. The number of rotatable bonds is 3. The Kier molecular flexibility index (Phi) is 6.23. The van der Waals surface area contributed by atoms with E-state index >= 15 is 0 Å². The van der Waals surface area contributed by atoms with Crippen molar-refractivity contribution in [3.05, 3.63) is 24.0 Å². The van der Waals surface area contributed by atoms with Gasteiger partial charge in [0.05, 0.1) is 13.2 Å². The Balaban J connectivity index is 0.00000220. The number of nitrogens with two attached hydrogens (primary N) is 1. The number of anilines is 1. The number of carbonyl (C=O) groups is 1. The second kappa shape index (κ2) is 7.47. The molecule has 1 atom stereocenters. The van der Waals surface area contributed by atoms with Crippen LogP contribution in [0.2, 0.25) is 0 Å².